The van der Waals surface area contributed by atoms with Gasteiger partial charge in [0.2, 0.25) is 0 Å². The fourth-order valence-corrected chi connectivity index (χ4v) is 5.18. The second-order valence-electron chi connectivity index (χ2n) is 6.74. The van der Waals surface area contributed by atoms with E-state index < -0.39 is 0 Å². The van der Waals surface area contributed by atoms with Crippen molar-refractivity contribution in [1.29, 1.82) is 0 Å². The summed E-state index contributed by atoms with van der Waals surface area (Å²) in [6, 6.07) is 13.8. The Balaban J connectivity index is 1.53. The van der Waals surface area contributed by atoms with Gasteiger partial charge in [-0.05, 0) is 110 Å². The number of nitrogens with zero attached hydrogens (tertiary/aromatic N) is 3. The van der Waals surface area contributed by atoms with Crippen LogP contribution in [0.15, 0.2) is 61.7 Å². The zero-order valence-corrected chi connectivity index (χ0v) is 23.4. The summed E-state index contributed by atoms with van der Waals surface area (Å²) >= 11 is 10.6. The molecule has 1 N–H and O–H groups in total. The summed E-state index contributed by atoms with van der Waals surface area (Å²) in [5.74, 6) is 0.651. The first-order valence-corrected chi connectivity index (χ1v) is 13.1. The van der Waals surface area contributed by atoms with E-state index in [1.165, 1.54) is 15.3 Å². The lowest BCUT2D eigenvalue weighted by atomic mass is 10.2. The molecule has 3 aromatic rings. The van der Waals surface area contributed by atoms with Gasteiger partial charge in [-0.3, -0.25) is 4.79 Å². The highest BCUT2D eigenvalue weighted by Crippen LogP contribution is 2.35. The third-order valence-corrected chi connectivity index (χ3v) is 6.76. The molecule has 0 aliphatic heterocycles. The van der Waals surface area contributed by atoms with Crippen molar-refractivity contribution in [2.24, 2.45) is 5.10 Å². The molecule has 0 aliphatic carbocycles. The van der Waals surface area contributed by atoms with Crippen LogP contribution in [0.5, 0.6) is 5.75 Å². The van der Waals surface area contributed by atoms with Crippen molar-refractivity contribution >= 4 is 78.3 Å². The summed E-state index contributed by atoms with van der Waals surface area (Å²) in [5, 5.41) is 4.62. The van der Waals surface area contributed by atoms with Gasteiger partial charge in [0, 0.05) is 15.0 Å². The van der Waals surface area contributed by atoms with Crippen molar-refractivity contribution in [2.45, 2.75) is 25.6 Å². The SMILES string of the molecule is Cc1cc(C)nc(SCC(=O)N/N=C\c2cc(Br)c(OCc3ccc(I)cc3)c(Br)c2)n1. The number of hydrazone groups is 1. The van der Waals surface area contributed by atoms with Crippen LogP contribution in [0.25, 0.3) is 0 Å². The normalized spacial score (nSPS) is 11.0. The maximum atomic E-state index is 12.1. The van der Waals surface area contributed by atoms with Crippen LogP contribution in [-0.2, 0) is 11.4 Å². The van der Waals surface area contributed by atoms with E-state index in [-0.39, 0.29) is 11.7 Å². The predicted molar refractivity (Wildman–Crippen MR) is 143 cm³/mol. The van der Waals surface area contributed by atoms with Gasteiger partial charge < -0.3 is 4.74 Å². The lowest BCUT2D eigenvalue weighted by Crippen LogP contribution is -2.19. The molecule has 0 aliphatic rings. The number of carbonyl (C=O) groups is 1. The molecule has 0 bridgehead atoms. The largest absolute Gasteiger partial charge is 0.487 e. The summed E-state index contributed by atoms with van der Waals surface area (Å²) in [5.41, 5.74) is 6.16. The van der Waals surface area contributed by atoms with Crippen molar-refractivity contribution in [3.63, 3.8) is 0 Å². The average molecular weight is 690 g/mol. The predicted octanol–water partition coefficient (Wildman–Crippen LogP) is 6.04. The van der Waals surface area contributed by atoms with Crippen molar-refractivity contribution in [1.82, 2.24) is 15.4 Å². The Morgan fingerprint density at radius 3 is 2.38 bits per heavy atom. The minimum Gasteiger partial charge on any atom is -0.487 e. The smallest absolute Gasteiger partial charge is 0.250 e. The van der Waals surface area contributed by atoms with Crippen LogP contribution in [0.2, 0.25) is 0 Å². The Labute approximate surface area is 221 Å². The highest BCUT2D eigenvalue weighted by molar-refractivity contribution is 14.1. The minimum absolute atomic E-state index is 0.180. The van der Waals surface area contributed by atoms with E-state index in [2.05, 4.69) is 74.9 Å². The molecule has 0 radical (unpaired) electrons. The Morgan fingerprint density at radius 1 is 1.12 bits per heavy atom. The number of thioether (sulfide) groups is 1. The van der Waals surface area contributed by atoms with E-state index >= 15 is 0 Å². The van der Waals surface area contributed by atoms with E-state index in [0.29, 0.717) is 17.5 Å². The average Bonchev–Trinajstić information content (AvgIpc) is 2.72. The van der Waals surface area contributed by atoms with Gasteiger partial charge in [0.15, 0.2) is 5.16 Å². The van der Waals surface area contributed by atoms with Crippen LogP contribution in [0.4, 0.5) is 0 Å². The molecule has 1 amide bonds. The maximum Gasteiger partial charge on any atom is 0.250 e. The van der Waals surface area contributed by atoms with E-state index in [4.69, 9.17) is 4.74 Å². The third-order valence-electron chi connectivity index (χ3n) is 4.01. The molecule has 10 heteroatoms. The Morgan fingerprint density at radius 2 is 1.75 bits per heavy atom. The number of amides is 1. The number of aryl methyl sites for hydroxylation is 2. The van der Waals surface area contributed by atoms with Gasteiger partial charge in [-0.2, -0.15) is 5.10 Å². The molecule has 166 valence electrons. The van der Waals surface area contributed by atoms with Crippen LogP contribution in [0.1, 0.15) is 22.5 Å². The highest BCUT2D eigenvalue weighted by atomic mass is 127. The zero-order valence-electron chi connectivity index (χ0n) is 17.2. The van der Waals surface area contributed by atoms with Crippen molar-refractivity contribution < 1.29 is 9.53 Å². The quantitative estimate of drug-likeness (QED) is 0.103. The van der Waals surface area contributed by atoms with Gasteiger partial charge in [-0.15, -0.1) is 0 Å². The number of aromatic nitrogens is 2. The molecule has 3 rings (SSSR count). The first-order chi connectivity index (χ1) is 15.3. The molecule has 0 unspecified atom stereocenters. The van der Waals surface area contributed by atoms with Crippen LogP contribution in [0.3, 0.4) is 0 Å². The molecular weight excluding hydrogens is 671 g/mol. The van der Waals surface area contributed by atoms with Crippen LogP contribution >= 0.6 is 66.2 Å². The summed E-state index contributed by atoms with van der Waals surface area (Å²) in [4.78, 5) is 20.7. The second kappa shape index (κ2) is 12.1. The molecule has 0 atom stereocenters. The van der Waals surface area contributed by atoms with Crippen molar-refractivity contribution in [3.8, 4) is 5.75 Å². The monoisotopic (exact) mass is 688 g/mol. The lowest BCUT2D eigenvalue weighted by molar-refractivity contribution is -0.118. The first-order valence-electron chi connectivity index (χ1n) is 9.43. The molecule has 2 aromatic carbocycles. The van der Waals surface area contributed by atoms with Gasteiger partial charge >= 0.3 is 0 Å². The molecule has 32 heavy (non-hydrogen) atoms. The standard InChI is InChI=1S/C22H19Br2IN4O2S/c1-13-7-14(2)28-22(27-13)32-12-20(30)29-26-10-16-8-18(23)21(19(24)9-16)31-11-15-3-5-17(25)6-4-15/h3-10H,11-12H2,1-2H3,(H,29,30)/b26-10-. The molecule has 0 spiro atoms. The number of hydrogen-bond acceptors (Lipinski definition) is 6. The molecule has 1 aromatic heterocycles. The summed E-state index contributed by atoms with van der Waals surface area (Å²) in [6.45, 7) is 4.26. The van der Waals surface area contributed by atoms with E-state index in [0.717, 1.165) is 31.5 Å². The number of benzene rings is 2. The fraction of sp³-hybridized carbons (Fsp3) is 0.182. The molecule has 0 saturated carbocycles. The van der Waals surface area contributed by atoms with Crippen LogP contribution in [-0.4, -0.2) is 27.8 Å². The molecule has 0 saturated heterocycles. The molecular formula is C22H19Br2IN4O2S. The van der Waals surface area contributed by atoms with E-state index in [1.54, 1.807) is 6.21 Å². The number of carbonyl (C=O) groups excluding carboxylic acids is 1. The summed E-state index contributed by atoms with van der Waals surface area (Å²) < 4.78 is 8.71. The van der Waals surface area contributed by atoms with Gasteiger partial charge in [-0.25, -0.2) is 15.4 Å². The minimum atomic E-state index is -0.232. The number of rotatable bonds is 8. The first kappa shape index (κ1) is 25.1. The topological polar surface area (TPSA) is 76.5 Å². The van der Waals surface area contributed by atoms with Gasteiger partial charge in [0.1, 0.15) is 12.4 Å². The number of nitrogens with one attached hydrogen (secondary N) is 1. The molecule has 0 fully saturated rings. The van der Waals surface area contributed by atoms with E-state index in [1.807, 2.05) is 56.3 Å². The van der Waals surface area contributed by atoms with Crippen molar-refractivity contribution in [2.75, 3.05) is 5.75 Å². The molecule has 6 nitrogen and oxygen atoms in total. The lowest BCUT2D eigenvalue weighted by Gasteiger charge is -2.11. The Kier molecular flexibility index (Phi) is 9.50. The van der Waals surface area contributed by atoms with Gasteiger partial charge in [0.05, 0.1) is 20.9 Å². The second-order valence-corrected chi connectivity index (χ2v) is 10.6. The Hall–Kier alpha value is -1.50. The Bertz CT molecular complexity index is 1100. The molecule has 1 heterocycles. The fourth-order valence-electron chi connectivity index (χ4n) is 2.63. The summed E-state index contributed by atoms with van der Waals surface area (Å²) in [6.07, 6.45) is 1.58. The van der Waals surface area contributed by atoms with Gasteiger partial charge in [-0.1, -0.05) is 23.9 Å². The third kappa shape index (κ3) is 7.82. The zero-order chi connectivity index (χ0) is 23.1. The van der Waals surface area contributed by atoms with Crippen LogP contribution in [0, 0.1) is 17.4 Å². The van der Waals surface area contributed by atoms with Crippen molar-refractivity contribution in [3.05, 3.63) is 77.5 Å². The van der Waals surface area contributed by atoms with E-state index in [9.17, 15) is 4.79 Å². The summed E-state index contributed by atoms with van der Waals surface area (Å²) in [7, 11) is 0. The number of hydrogen-bond donors (Lipinski definition) is 1. The van der Waals surface area contributed by atoms with Gasteiger partial charge in [0.25, 0.3) is 5.91 Å². The van der Waals surface area contributed by atoms with Crippen LogP contribution < -0.4 is 10.2 Å². The number of halogens is 3. The number of ether oxygens (including phenoxy) is 1. The maximum absolute atomic E-state index is 12.1. The highest BCUT2D eigenvalue weighted by Gasteiger charge is 2.10.